The maximum Gasteiger partial charge on any atom is 0.233 e. The van der Waals surface area contributed by atoms with Gasteiger partial charge in [-0.25, -0.2) is 8.42 Å². The van der Waals surface area contributed by atoms with Crippen LogP contribution in [-0.4, -0.2) is 68.2 Å². The second-order valence-electron chi connectivity index (χ2n) is 5.40. The summed E-state index contributed by atoms with van der Waals surface area (Å²) < 4.78 is 28.9. The lowest BCUT2D eigenvalue weighted by Gasteiger charge is -2.39. The summed E-state index contributed by atoms with van der Waals surface area (Å²) in [4.78, 5) is 14.2. The van der Waals surface area contributed by atoms with E-state index < -0.39 is 20.6 Å². The van der Waals surface area contributed by atoms with Crippen LogP contribution in [0.2, 0.25) is 0 Å². The van der Waals surface area contributed by atoms with Gasteiger partial charge in [-0.2, -0.15) is 11.8 Å². The van der Waals surface area contributed by atoms with Crippen molar-refractivity contribution in [1.29, 1.82) is 0 Å². The Morgan fingerprint density at radius 2 is 2.21 bits per heavy atom. The standard InChI is InChI=1S/C11H20N2O4S2/c1-11(7-17-5-8(11)12)10(14)13-3-4-18-6-9(13)19(2,15)16/h8-9H,3-7,12H2,1-2H3. The Labute approximate surface area is 118 Å². The average molecular weight is 308 g/mol. The highest BCUT2D eigenvalue weighted by molar-refractivity contribution is 8.00. The Balaban J connectivity index is 2.26. The molecule has 2 rings (SSSR count). The third-order valence-electron chi connectivity index (χ3n) is 3.85. The maximum absolute atomic E-state index is 12.7. The third kappa shape index (κ3) is 2.76. The van der Waals surface area contributed by atoms with Gasteiger partial charge in [0, 0.05) is 30.3 Å². The zero-order chi connectivity index (χ0) is 14.3. The molecule has 0 spiro atoms. The molecule has 3 unspecified atom stereocenters. The highest BCUT2D eigenvalue weighted by atomic mass is 32.2. The van der Waals surface area contributed by atoms with Crippen LogP contribution in [-0.2, 0) is 19.4 Å². The van der Waals surface area contributed by atoms with E-state index in [-0.39, 0.29) is 18.6 Å². The first-order valence-electron chi connectivity index (χ1n) is 6.18. The Bertz CT molecular complexity index is 467. The van der Waals surface area contributed by atoms with Crippen LogP contribution in [0.15, 0.2) is 0 Å². The third-order valence-corrected chi connectivity index (χ3v) is 6.49. The number of hydrogen-bond donors (Lipinski definition) is 1. The van der Waals surface area contributed by atoms with Crippen LogP contribution in [0.3, 0.4) is 0 Å². The van der Waals surface area contributed by atoms with Crippen molar-refractivity contribution >= 4 is 27.5 Å². The van der Waals surface area contributed by atoms with E-state index in [0.29, 0.717) is 18.9 Å². The summed E-state index contributed by atoms with van der Waals surface area (Å²) in [6, 6.07) is -0.380. The van der Waals surface area contributed by atoms with Crippen molar-refractivity contribution in [1.82, 2.24) is 4.90 Å². The topological polar surface area (TPSA) is 89.7 Å². The summed E-state index contributed by atoms with van der Waals surface area (Å²) in [5.41, 5.74) is 5.13. The molecule has 2 N–H and O–H groups in total. The van der Waals surface area contributed by atoms with Gasteiger partial charge < -0.3 is 15.4 Å². The number of carbonyl (C=O) groups is 1. The van der Waals surface area contributed by atoms with Crippen LogP contribution in [0.1, 0.15) is 6.92 Å². The number of thioether (sulfide) groups is 1. The van der Waals surface area contributed by atoms with E-state index >= 15 is 0 Å². The minimum Gasteiger partial charge on any atom is -0.379 e. The van der Waals surface area contributed by atoms with Crippen LogP contribution in [0.5, 0.6) is 0 Å². The molecule has 2 heterocycles. The molecule has 0 aromatic carbocycles. The fraction of sp³-hybridized carbons (Fsp3) is 0.909. The van der Waals surface area contributed by atoms with Gasteiger partial charge in [0.1, 0.15) is 5.37 Å². The molecule has 2 aliphatic heterocycles. The largest absolute Gasteiger partial charge is 0.379 e. The molecule has 0 saturated carbocycles. The van der Waals surface area contributed by atoms with Crippen molar-refractivity contribution in [3.63, 3.8) is 0 Å². The van der Waals surface area contributed by atoms with Crippen LogP contribution in [0, 0.1) is 5.41 Å². The Kier molecular flexibility index (Phi) is 4.15. The van der Waals surface area contributed by atoms with Gasteiger partial charge in [0.2, 0.25) is 5.91 Å². The maximum atomic E-state index is 12.7. The predicted molar refractivity (Wildman–Crippen MR) is 74.6 cm³/mol. The van der Waals surface area contributed by atoms with Gasteiger partial charge in [0.25, 0.3) is 0 Å². The molecule has 0 aromatic rings. The minimum atomic E-state index is -3.29. The summed E-state index contributed by atoms with van der Waals surface area (Å²) in [5.74, 6) is 0.981. The van der Waals surface area contributed by atoms with E-state index in [1.54, 1.807) is 18.7 Å². The number of hydrogen-bond acceptors (Lipinski definition) is 6. The van der Waals surface area contributed by atoms with E-state index in [4.69, 9.17) is 10.5 Å². The highest BCUT2D eigenvalue weighted by Gasteiger charge is 2.49. The van der Waals surface area contributed by atoms with E-state index in [9.17, 15) is 13.2 Å². The number of rotatable bonds is 2. The monoisotopic (exact) mass is 308 g/mol. The quantitative estimate of drug-likeness (QED) is 0.725. The molecule has 3 atom stereocenters. The molecular formula is C11H20N2O4S2. The molecule has 2 fully saturated rings. The molecule has 0 aromatic heterocycles. The summed E-state index contributed by atoms with van der Waals surface area (Å²) in [7, 11) is -3.29. The van der Waals surface area contributed by atoms with Crippen LogP contribution >= 0.6 is 11.8 Å². The van der Waals surface area contributed by atoms with Gasteiger partial charge in [-0.15, -0.1) is 0 Å². The predicted octanol–water partition coefficient (Wildman–Crippen LogP) is -0.704. The lowest BCUT2D eigenvalue weighted by molar-refractivity contribution is -0.142. The van der Waals surface area contributed by atoms with Crippen LogP contribution in [0.25, 0.3) is 0 Å². The second-order valence-corrected chi connectivity index (χ2v) is 8.75. The zero-order valence-corrected chi connectivity index (χ0v) is 12.8. The van der Waals surface area contributed by atoms with Gasteiger partial charge in [-0.1, -0.05) is 0 Å². The van der Waals surface area contributed by atoms with Gasteiger partial charge in [0.15, 0.2) is 9.84 Å². The Morgan fingerprint density at radius 3 is 2.74 bits per heavy atom. The molecule has 0 bridgehead atoms. The van der Waals surface area contributed by atoms with Crippen LogP contribution in [0.4, 0.5) is 0 Å². The first-order chi connectivity index (χ1) is 8.77. The molecule has 0 radical (unpaired) electrons. The molecular weight excluding hydrogens is 288 g/mol. The second kappa shape index (κ2) is 5.23. The highest BCUT2D eigenvalue weighted by Crippen LogP contribution is 2.32. The smallest absolute Gasteiger partial charge is 0.233 e. The molecule has 2 saturated heterocycles. The number of sulfone groups is 1. The summed E-state index contributed by atoms with van der Waals surface area (Å²) in [5, 5.41) is -0.747. The van der Waals surface area contributed by atoms with E-state index in [1.807, 2.05) is 0 Å². The van der Waals surface area contributed by atoms with Crippen molar-refractivity contribution in [2.45, 2.75) is 18.3 Å². The van der Waals surface area contributed by atoms with E-state index in [0.717, 1.165) is 5.75 Å². The van der Waals surface area contributed by atoms with Crippen molar-refractivity contribution in [3.05, 3.63) is 0 Å². The zero-order valence-electron chi connectivity index (χ0n) is 11.2. The summed E-state index contributed by atoms with van der Waals surface area (Å²) in [6.07, 6.45) is 1.18. The lowest BCUT2D eigenvalue weighted by Crippen LogP contribution is -2.58. The SMILES string of the molecule is CC1(C(=O)N2CCSCC2S(C)(=O)=O)COCC1N. The molecule has 19 heavy (non-hydrogen) atoms. The van der Waals surface area contributed by atoms with Gasteiger partial charge in [-0.3, -0.25) is 4.79 Å². The van der Waals surface area contributed by atoms with Crippen molar-refractivity contribution in [2.24, 2.45) is 11.1 Å². The number of ether oxygens (including phenoxy) is 1. The molecule has 8 heteroatoms. The Morgan fingerprint density at radius 1 is 1.53 bits per heavy atom. The molecule has 2 aliphatic rings. The van der Waals surface area contributed by atoms with Crippen molar-refractivity contribution in [3.8, 4) is 0 Å². The number of nitrogens with two attached hydrogens (primary N) is 1. The van der Waals surface area contributed by atoms with Gasteiger partial charge >= 0.3 is 0 Å². The van der Waals surface area contributed by atoms with Crippen molar-refractivity contribution in [2.75, 3.05) is 37.5 Å². The van der Waals surface area contributed by atoms with E-state index in [1.165, 1.54) is 11.2 Å². The fourth-order valence-corrected chi connectivity index (χ4v) is 5.22. The Hall–Kier alpha value is -0.310. The normalized spacial score (nSPS) is 36.5. The van der Waals surface area contributed by atoms with E-state index in [2.05, 4.69) is 0 Å². The molecule has 6 nitrogen and oxygen atoms in total. The van der Waals surface area contributed by atoms with Crippen molar-refractivity contribution < 1.29 is 17.9 Å². The number of amides is 1. The molecule has 0 aliphatic carbocycles. The molecule has 1 amide bonds. The minimum absolute atomic E-state index is 0.201. The fourth-order valence-electron chi connectivity index (χ4n) is 2.41. The first-order valence-corrected chi connectivity index (χ1v) is 9.29. The average Bonchev–Trinajstić information content (AvgIpc) is 2.69. The van der Waals surface area contributed by atoms with Gasteiger partial charge in [0.05, 0.1) is 18.6 Å². The summed E-state index contributed by atoms with van der Waals surface area (Å²) in [6.45, 7) is 2.80. The molecule has 110 valence electrons. The summed E-state index contributed by atoms with van der Waals surface area (Å²) >= 11 is 1.56. The lowest BCUT2D eigenvalue weighted by atomic mass is 9.84. The number of nitrogens with zero attached hydrogens (tertiary/aromatic N) is 1. The number of carbonyl (C=O) groups excluding carboxylic acids is 1. The van der Waals surface area contributed by atoms with Gasteiger partial charge in [-0.05, 0) is 6.92 Å². The van der Waals surface area contributed by atoms with Crippen LogP contribution < -0.4 is 5.73 Å². The first kappa shape index (κ1) is 15.1.